The van der Waals surface area contributed by atoms with Crippen molar-refractivity contribution in [1.82, 2.24) is 5.16 Å². The summed E-state index contributed by atoms with van der Waals surface area (Å²) in [5.74, 6) is -0.643. The molecule has 82 valence electrons. The van der Waals surface area contributed by atoms with Crippen LogP contribution in [0.25, 0.3) is 11.3 Å². The first-order valence-corrected chi connectivity index (χ1v) is 4.93. The highest BCUT2D eigenvalue weighted by molar-refractivity contribution is 6.30. The molecular formula is C11H8ClNO3. The van der Waals surface area contributed by atoms with Gasteiger partial charge in [0.2, 0.25) is 0 Å². The second-order valence-electron chi connectivity index (χ2n) is 3.30. The van der Waals surface area contributed by atoms with E-state index >= 15 is 0 Å². The number of aromatic carboxylic acids is 1. The summed E-state index contributed by atoms with van der Waals surface area (Å²) in [4.78, 5) is 10.8. The fourth-order valence-electron chi connectivity index (χ4n) is 1.41. The summed E-state index contributed by atoms with van der Waals surface area (Å²) in [7, 11) is 0. The minimum Gasteiger partial charge on any atom is -0.476 e. The fourth-order valence-corrected chi connectivity index (χ4v) is 1.53. The highest BCUT2D eigenvalue weighted by atomic mass is 35.5. The molecule has 2 aromatic rings. The summed E-state index contributed by atoms with van der Waals surface area (Å²) < 4.78 is 5.01. The zero-order valence-corrected chi connectivity index (χ0v) is 9.15. The Labute approximate surface area is 96.4 Å². The van der Waals surface area contributed by atoms with Crippen molar-refractivity contribution >= 4 is 17.6 Å². The number of halogens is 1. The lowest BCUT2D eigenvalue weighted by atomic mass is 10.1. The summed E-state index contributed by atoms with van der Waals surface area (Å²) in [6.07, 6.45) is 0. The lowest BCUT2D eigenvalue weighted by Crippen LogP contribution is -1.98. The Hall–Kier alpha value is -1.81. The second-order valence-corrected chi connectivity index (χ2v) is 3.73. The number of benzene rings is 1. The van der Waals surface area contributed by atoms with E-state index in [4.69, 9.17) is 21.2 Å². The number of hydrogen-bond acceptors (Lipinski definition) is 3. The van der Waals surface area contributed by atoms with Crippen LogP contribution in [-0.4, -0.2) is 16.2 Å². The van der Waals surface area contributed by atoms with Gasteiger partial charge in [0.15, 0.2) is 11.5 Å². The zero-order chi connectivity index (χ0) is 11.7. The molecule has 0 aliphatic heterocycles. The van der Waals surface area contributed by atoms with Gasteiger partial charge in [-0.3, -0.25) is 0 Å². The zero-order valence-electron chi connectivity index (χ0n) is 8.40. The highest BCUT2D eigenvalue weighted by Gasteiger charge is 2.18. The third-order valence-electron chi connectivity index (χ3n) is 2.23. The van der Waals surface area contributed by atoms with Crippen LogP contribution in [0.15, 0.2) is 28.8 Å². The number of carboxylic acid groups (broad SMARTS) is 1. The number of rotatable bonds is 2. The smallest absolute Gasteiger partial charge is 0.358 e. The van der Waals surface area contributed by atoms with Crippen LogP contribution in [0, 0.1) is 6.92 Å². The third kappa shape index (κ3) is 1.79. The van der Waals surface area contributed by atoms with Crippen LogP contribution < -0.4 is 0 Å². The maximum absolute atomic E-state index is 10.8. The molecule has 2 rings (SSSR count). The van der Waals surface area contributed by atoms with Gasteiger partial charge in [-0.1, -0.05) is 16.8 Å². The van der Waals surface area contributed by atoms with Crippen molar-refractivity contribution in [2.24, 2.45) is 0 Å². The van der Waals surface area contributed by atoms with E-state index in [9.17, 15) is 4.79 Å². The highest BCUT2D eigenvalue weighted by Crippen LogP contribution is 2.26. The molecule has 1 heterocycles. The van der Waals surface area contributed by atoms with Crippen molar-refractivity contribution in [3.63, 3.8) is 0 Å². The molecule has 16 heavy (non-hydrogen) atoms. The molecule has 0 aliphatic rings. The Morgan fingerprint density at radius 1 is 1.38 bits per heavy atom. The van der Waals surface area contributed by atoms with E-state index in [0.29, 0.717) is 16.3 Å². The lowest BCUT2D eigenvalue weighted by molar-refractivity contribution is 0.0685. The average Bonchev–Trinajstić information content (AvgIpc) is 2.61. The van der Waals surface area contributed by atoms with Gasteiger partial charge in [-0.2, -0.15) is 0 Å². The normalized spacial score (nSPS) is 10.4. The van der Waals surface area contributed by atoms with Gasteiger partial charge in [0.25, 0.3) is 0 Å². The second kappa shape index (κ2) is 3.98. The number of hydrogen-bond donors (Lipinski definition) is 1. The van der Waals surface area contributed by atoms with Crippen LogP contribution in [-0.2, 0) is 0 Å². The van der Waals surface area contributed by atoms with Crippen LogP contribution in [0.3, 0.4) is 0 Å². The molecule has 0 saturated carbocycles. The lowest BCUT2D eigenvalue weighted by Gasteiger charge is -1.97. The first kappa shape index (κ1) is 10.7. The largest absolute Gasteiger partial charge is 0.476 e. The van der Waals surface area contributed by atoms with Crippen LogP contribution in [0.5, 0.6) is 0 Å². The van der Waals surface area contributed by atoms with Crippen molar-refractivity contribution in [1.29, 1.82) is 0 Å². The molecule has 0 atom stereocenters. The standard InChI is InChI=1S/C11H8ClNO3/c1-6-9(11(14)15)13-16-10(6)7-2-4-8(12)5-3-7/h2-5H,1H3,(H,14,15). The first-order valence-electron chi connectivity index (χ1n) is 4.55. The van der Waals surface area contributed by atoms with Crippen LogP contribution in [0.1, 0.15) is 16.1 Å². The maximum atomic E-state index is 10.8. The summed E-state index contributed by atoms with van der Waals surface area (Å²) in [6.45, 7) is 1.66. The minimum absolute atomic E-state index is 0.0649. The summed E-state index contributed by atoms with van der Waals surface area (Å²) in [5.41, 5.74) is 1.20. The molecule has 0 aliphatic carbocycles. The molecule has 0 fully saturated rings. The maximum Gasteiger partial charge on any atom is 0.358 e. The van der Waals surface area contributed by atoms with E-state index in [1.54, 1.807) is 31.2 Å². The van der Waals surface area contributed by atoms with Crippen molar-refractivity contribution < 1.29 is 14.4 Å². The number of carbonyl (C=O) groups is 1. The van der Waals surface area contributed by atoms with E-state index < -0.39 is 5.97 Å². The van der Waals surface area contributed by atoms with E-state index in [-0.39, 0.29) is 5.69 Å². The first-order chi connectivity index (χ1) is 7.59. The van der Waals surface area contributed by atoms with Gasteiger partial charge < -0.3 is 9.63 Å². The van der Waals surface area contributed by atoms with Gasteiger partial charge >= 0.3 is 5.97 Å². The summed E-state index contributed by atoms with van der Waals surface area (Å²) >= 11 is 5.75. The van der Waals surface area contributed by atoms with Crippen molar-refractivity contribution in [2.45, 2.75) is 6.92 Å². The number of nitrogens with zero attached hydrogens (tertiary/aromatic N) is 1. The van der Waals surface area contributed by atoms with Gasteiger partial charge in [0, 0.05) is 16.1 Å². The van der Waals surface area contributed by atoms with Gasteiger partial charge in [0.05, 0.1) is 0 Å². The molecule has 1 aromatic heterocycles. The molecule has 0 spiro atoms. The molecule has 4 nitrogen and oxygen atoms in total. The van der Waals surface area contributed by atoms with Crippen LogP contribution in [0.2, 0.25) is 5.02 Å². The summed E-state index contributed by atoms with van der Waals surface area (Å²) in [6, 6.07) is 6.92. The van der Waals surface area contributed by atoms with Gasteiger partial charge in [-0.05, 0) is 31.2 Å². The molecule has 1 N–H and O–H groups in total. The third-order valence-corrected chi connectivity index (χ3v) is 2.48. The predicted molar refractivity (Wildman–Crippen MR) is 58.6 cm³/mol. The number of aromatic nitrogens is 1. The topological polar surface area (TPSA) is 63.3 Å². The summed E-state index contributed by atoms with van der Waals surface area (Å²) in [5, 5.41) is 12.9. The van der Waals surface area contributed by atoms with E-state index in [1.165, 1.54) is 0 Å². The monoisotopic (exact) mass is 237 g/mol. The molecule has 0 radical (unpaired) electrons. The van der Waals surface area contributed by atoms with Crippen molar-refractivity contribution in [3.8, 4) is 11.3 Å². The number of carboxylic acids is 1. The molecule has 0 unspecified atom stereocenters. The Kier molecular flexibility index (Phi) is 2.66. The Morgan fingerprint density at radius 3 is 2.50 bits per heavy atom. The SMILES string of the molecule is Cc1c(C(=O)O)noc1-c1ccc(Cl)cc1. The Balaban J connectivity index is 2.49. The van der Waals surface area contributed by atoms with E-state index in [1.807, 2.05) is 0 Å². The van der Waals surface area contributed by atoms with E-state index in [2.05, 4.69) is 5.16 Å². The van der Waals surface area contributed by atoms with Crippen LogP contribution in [0.4, 0.5) is 0 Å². The Morgan fingerprint density at radius 2 is 2.00 bits per heavy atom. The molecule has 0 bridgehead atoms. The quantitative estimate of drug-likeness (QED) is 0.872. The molecule has 5 heteroatoms. The fraction of sp³-hybridized carbons (Fsp3) is 0.0909. The molecular weight excluding hydrogens is 230 g/mol. The molecule has 0 saturated heterocycles. The Bertz CT molecular complexity index is 531. The van der Waals surface area contributed by atoms with E-state index in [0.717, 1.165) is 5.56 Å². The molecule has 0 amide bonds. The van der Waals surface area contributed by atoms with Crippen molar-refractivity contribution in [2.75, 3.05) is 0 Å². The average molecular weight is 238 g/mol. The van der Waals surface area contributed by atoms with Gasteiger partial charge in [-0.15, -0.1) is 0 Å². The van der Waals surface area contributed by atoms with Crippen LogP contribution >= 0.6 is 11.6 Å². The van der Waals surface area contributed by atoms with Gasteiger partial charge in [-0.25, -0.2) is 4.79 Å². The van der Waals surface area contributed by atoms with Crippen molar-refractivity contribution in [3.05, 3.63) is 40.5 Å². The van der Waals surface area contributed by atoms with Gasteiger partial charge in [0.1, 0.15) is 0 Å². The molecule has 1 aromatic carbocycles. The predicted octanol–water partition coefficient (Wildman–Crippen LogP) is 3.00. The minimum atomic E-state index is -1.10.